The molecule has 0 saturated heterocycles. The van der Waals surface area contributed by atoms with E-state index in [-0.39, 0.29) is 5.75 Å². The van der Waals surface area contributed by atoms with Crippen LogP contribution in [0.5, 0.6) is 17.2 Å². The lowest BCUT2D eigenvalue weighted by Crippen LogP contribution is -1.99. The summed E-state index contributed by atoms with van der Waals surface area (Å²) in [4.78, 5) is 8.77. The van der Waals surface area contributed by atoms with E-state index in [1.54, 1.807) is 20.3 Å². The lowest BCUT2D eigenvalue weighted by Gasteiger charge is -2.15. The first kappa shape index (κ1) is 20.7. The second-order valence-electron chi connectivity index (χ2n) is 6.71. The Balaban J connectivity index is 0.00000124. The quantitative estimate of drug-likeness (QED) is 0.283. The average Bonchev–Trinajstić information content (AvgIpc) is 2.75. The van der Waals surface area contributed by atoms with Gasteiger partial charge in [-0.05, 0) is 43.7 Å². The van der Waals surface area contributed by atoms with Crippen molar-refractivity contribution in [2.75, 3.05) is 19.5 Å². The highest BCUT2D eigenvalue weighted by Gasteiger charge is 2.14. The third-order valence-electron chi connectivity index (χ3n) is 4.83. The maximum Gasteiger partial charge on any atom is 0.162 e. The molecule has 0 bridgehead atoms. The summed E-state index contributed by atoms with van der Waals surface area (Å²) in [5.74, 6) is 2.13. The van der Waals surface area contributed by atoms with Crippen LogP contribution < -0.4 is 14.8 Å². The minimum Gasteiger partial charge on any atom is -0.697 e. The Hall–Kier alpha value is -3.98. The fourth-order valence-electron chi connectivity index (χ4n) is 3.57. The molecule has 0 atom stereocenters. The number of nitrogens with one attached hydrogen (secondary N) is 1. The lowest BCUT2D eigenvalue weighted by atomic mass is 10.00. The van der Waals surface area contributed by atoms with Gasteiger partial charge >= 0.3 is 0 Å². The van der Waals surface area contributed by atoms with Crippen molar-refractivity contribution in [1.82, 2.24) is 9.97 Å². The highest BCUT2D eigenvalue weighted by atomic mass is 16.5. The molecule has 3 aromatic carbocycles. The predicted molar refractivity (Wildman–Crippen MR) is 119 cm³/mol. The number of benzene rings is 3. The molecule has 4 rings (SSSR count). The Morgan fingerprint density at radius 3 is 2.33 bits per heavy atom. The fourth-order valence-corrected chi connectivity index (χ4v) is 3.57. The van der Waals surface area contributed by atoms with E-state index in [9.17, 15) is 5.11 Å². The summed E-state index contributed by atoms with van der Waals surface area (Å²) in [5, 5.41) is 16.3. The molecule has 30 heavy (non-hydrogen) atoms. The molecule has 4 aromatic rings. The van der Waals surface area contributed by atoms with E-state index in [4.69, 9.17) is 15.9 Å². The fraction of sp³-hybridized carbons (Fsp3) is 0.167. The monoisotopic (exact) mass is 400 g/mol. The minimum absolute atomic E-state index is 0.261. The first-order valence-electron chi connectivity index (χ1n) is 9.17. The van der Waals surface area contributed by atoms with Crippen molar-refractivity contribution < 1.29 is 14.6 Å². The van der Waals surface area contributed by atoms with Gasteiger partial charge in [-0.25, -0.2) is 9.97 Å². The van der Waals surface area contributed by atoms with Crippen molar-refractivity contribution in [2.24, 2.45) is 0 Å². The number of aromatic hydroxyl groups is 1. The van der Waals surface area contributed by atoms with Crippen LogP contribution in [0.3, 0.4) is 0 Å². The van der Waals surface area contributed by atoms with Gasteiger partial charge in [0.15, 0.2) is 11.5 Å². The summed E-state index contributed by atoms with van der Waals surface area (Å²) >= 11 is 0. The van der Waals surface area contributed by atoms with Gasteiger partial charge in [-0.3, -0.25) is 0 Å². The number of aryl methyl sites for hydroxylation is 2. The summed E-state index contributed by atoms with van der Waals surface area (Å²) in [6.07, 6.45) is 10.5. The number of methoxy groups -OCH3 is 2. The number of hydrogen-bond acceptors (Lipinski definition) is 6. The zero-order valence-corrected chi connectivity index (χ0v) is 17.3. The van der Waals surface area contributed by atoms with Crippen LogP contribution >= 0.6 is 0 Å². The standard InChI is InChI=1S/C22H21N3O3.C2H/c1-12-7-13(2)21-14(8-12)16(5-6-18(21)26)25-22-15-9-19(27-3)20(28-4)10-17(15)23-11-24-22;1-2/h5-11,26H,1-4H3,(H,23,24,25);1H/q;-1. The smallest absolute Gasteiger partial charge is 0.162 e. The van der Waals surface area contributed by atoms with E-state index in [0.717, 1.165) is 38.5 Å². The van der Waals surface area contributed by atoms with Gasteiger partial charge in [0.2, 0.25) is 0 Å². The molecule has 2 N–H and O–H groups in total. The lowest BCUT2D eigenvalue weighted by molar-refractivity contribution is 0.356. The Morgan fingerprint density at radius 2 is 1.63 bits per heavy atom. The number of hydrogen-bond donors (Lipinski definition) is 2. The molecule has 0 aliphatic rings. The van der Waals surface area contributed by atoms with E-state index in [1.165, 1.54) is 6.33 Å². The number of aromatic nitrogens is 2. The molecule has 0 radical (unpaired) electrons. The molecule has 6 heteroatoms. The van der Waals surface area contributed by atoms with Crippen LogP contribution in [0.2, 0.25) is 0 Å². The molecule has 0 spiro atoms. The molecule has 0 amide bonds. The Morgan fingerprint density at radius 1 is 0.933 bits per heavy atom. The van der Waals surface area contributed by atoms with Gasteiger partial charge in [0.25, 0.3) is 0 Å². The second-order valence-corrected chi connectivity index (χ2v) is 6.71. The molecule has 0 unspecified atom stereocenters. The van der Waals surface area contributed by atoms with Gasteiger partial charge in [0, 0.05) is 27.9 Å². The van der Waals surface area contributed by atoms with Gasteiger partial charge in [-0.2, -0.15) is 0 Å². The Labute approximate surface area is 175 Å². The molecule has 6 nitrogen and oxygen atoms in total. The van der Waals surface area contributed by atoms with Gasteiger partial charge in [-0.1, -0.05) is 11.6 Å². The number of ether oxygens (including phenoxy) is 2. The highest BCUT2D eigenvalue weighted by molar-refractivity contribution is 6.03. The number of anilines is 2. The Kier molecular flexibility index (Phi) is 5.93. The van der Waals surface area contributed by atoms with E-state index >= 15 is 0 Å². The van der Waals surface area contributed by atoms with Gasteiger partial charge in [0.1, 0.15) is 17.9 Å². The zero-order valence-electron chi connectivity index (χ0n) is 17.3. The van der Waals surface area contributed by atoms with Crippen molar-refractivity contribution in [3.63, 3.8) is 0 Å². The van der Waals surface area contributed by atoms with E-state index in [0.29, 0.717) is 17.3 Å². The SMILES string of the molecule is COc1cc2ncnc(Nc3ccc(O)c4c(C)cc(C)cc34)c2cc1OC.[C-]#C. The number of phenols is 1. The summed E-state index contributed by atoms with van der Waals surface area (Å²) in [7, 11) is 3.19. The molecule has 0 saturated carbocycles. The molecule has 0 aliphatic heterocycles. The van der Waals surface area contributed by atoms with Gasteiger partial charge in [0.05, 0.1) is 19.7 Å². The van der Waals surface area contributed by atoms with Crippen molar-refractivity contribution in [3.8, 4) is 23.7 Å². The van der Waals surface area contributed by atoms with Crippen molar-refractivity contribution >= 4 is 33.2 Å². The predicted octanol–water partition coefficient (Wildman–Crippen LogP) is 5.07. The van der Waals surface area contributed by atoms with Crippen LogP contribution in [-0.2, 0) is 0 Å². The maximum absolute atomic E-state index is 10.3. The van der Waals surface area contributed by atoms with Gasteiger partial charge < -0.3 is 32.7 Å². The van der Waals surface area contributed by atoms with Gasteiger partial charge in [-0.15, -0.1) is 0 Å². The summed E-state index contributed by atoms with van der Waals surface area (Å²) in [6, 6.07) is 11.3. The normalized spacial score (nSPS) is 10.3. The first-order valence-corrected chi connectivity index (χ1v) is 9.17. The topological polar surface area (TPSA) is 76.5 Å². The Bertz CT molecular complexity index is 1250. The van der Waals surface area contributed by atoms with E-state index < -0.39 is 0 Å². The maximum atomic E-state index is 10.3. The van der Waals surface area contributed by atoms with E-state index in [1.807, 2.05) is 32.0 Å². The number of phenolic OH excluding ortho intramolecular Hbond substituents is 1. The summed E-state index contributed by atoms with van der Waals surface area (Å²) < 4.78 is 10.8. The van der Waals surface area contributed by atoms with Crippen LogP contribution in [-0.4, -0.2) is 29.3 Å². The summed E-state index contributed by atoms with van der Waals surface area (Å²) in [6.45, 7) is 4.04. The average molecular weight is 400 g/mol. The number of terminal acetylenes is 1. The molecular formula is C24H22N3O3-. The number of rotatable bonds is 4. The van der Waals surface area contributed by atoms with Crippen molar-refractivity contribution in [3.05, 3.63) is 60.3 Å². The molecule has 0 aliphatic carbocycles. The first-order chi connectivity index (χ1) is 14.5. The molecule has 152 valence electrons. The third kappa shape index (κ3) is 3.65. The molecule has 1 heterocycles. The molecule has 0 fully saturated rings. The van der Waals surface area contributed by atoms with E-state index in [2.05, 4.69) is 33.8 Å². The zero-order chi connectivity index (χ0) is 21.8. The largest absolute Gasteiger partial charge is 0.697 e. The van der Waals surface area contributed by atoms with Crippen molar-refractivity contribution in [1.29, 1.82) is 0 Å². The highest BCUT2D eigenvalue weighted by Crippen LogP contribution is 2.38. The third-order valence-corrected chi connectivity index (χ3v) is 4.83. The van der Waals surface area contributed by atoms with Crippen LogP contribution in [0, 0.1) is 26.7 Å². The van der Waals surface area contributed by atoms with Crippen LogP contribution in [0.1, 0.15) is 11.1 Å². The van der Waals surface area contributed by atoms with Crippen LogP contribution in [0.25, 0.3) is 21.7 Å². The molecule has 1 aromatic heterocycles. The number of fused-ring (bicyclic) bond motifs is 2. The molecular weight excluding hydrogens is 378 g/mol. The van der Waals surface area contributed by atoms with Crippen molar-refractivity contribution in [2.45, 2.75) is 13.8 Å². The minimum atomic E-state index is 0.261. The summed E-state index contributed by atoms with van der Waals surface area (Å²) in [5.41, 5.74) is 3.74. The van der Waals surface area contributed by atoms with Crippen LogP contribution in [0.15, 0.2) is 42.7 Å². The number of nitrogens with zero attached hydrogens (tertiary/aromatic N) is 2. The van der Waals surface area contributed by atoms with Crippen LogP contribution in [0.4, 0.5) is 11.5 Å². The second kappa shape index (κ2) is 8.58.